The van der Waals surface area contributed by atoms with Crippen LogP contribution < -0.4 is 15.9 Å². The van der Waals surface area contributed by atoms with Gasteiger partial charge in [-0.3, -0.25) is 4.79 Å². The van der Waals surface area contributed by atoms with Crippen LogP contribution in [0.4, 0.5) is 5.69 Å². The minimum Gasteiger partial charge on any atom is -0.325 e. The second-order valence-corrected chi connectivity index (χ2v) is 8.35. The molecule has 5 nitrogen and oxygen atoms in total. The first-order valence-electron chi connectivity index (χ1n) is 7.56. The highest BCUT2D eigenvalue weighted by Gasteiger charge is 2.18. The number of H-pyrrole nitrogens is 1. The first-order valence-corrected chi connectivity index (χ1v) is 9.74. The van der Waals surface area contributed by atoms with E-state index in [4.69, 9.17) is 11.6 Å². The van der Waals surface area contributed by atoms with Gasteiger partial charge >= 0.3 is 10.7 Å². The molecule has 2 N–H and O–H groups in total. The van der Waals surface area contributed by atoms with Gasteiger partial charge in [-0.1, -0.05) is 22.9 Å². The number of nitrogens with zero attached hydrogens (tertiary/aromatic N) is 1. The fraction of sp³-hybridized carbons (Fsp3) is 0.235. The Morgan fingerprint density at radius 2 is 2.12 bits per heavy atom. The zero-order chi connectivity index (χ0) is 18.1. The largest absolute Gasteiger partial charge is 0.346 e. The molecule has 0 aliphatic rings. The molecule has 0 aliphatic heterocycles. The van der Waals surface area contributed by atoms with Crippen LogP contribution in [-0.4, -0.2) is 16.2 Å². The summed E-state index contributed by atoms with van der Waals surface area (Å²) in [7, 11) is 1.70. The molecule has 0 atom stereocenters. The summed E-state index contributed by atoms with van der Waals surface area (Å²) in [6, 6.07) is 7.20. The minimum atomic E-state index is -0.140. The van der Waals surface area contributed by atoms with E-state index in [1.54, 1.807) is 29.8 Å². The van der Waals surface area contributed by atoms with E-state index in [0.717, 1.165) is 21.0 Å². The number of fused-ring (bicyclic) bond motifs is 1. The fourth-order valence-corrected chi connectivity index (χ4v) is 4.42. The van der Waals surface area contributed by atoms with E-state index < -0.39 is 0 Å². The summed E-state index contributed by atoms with van der Waals surface area (Å²) < 4.78 is 1.54. The van der Waals surface area contributed by atoms with Crippen molar-refractivity contribution in [2.45, 2.75) is 19.0 Å². The van der Waals surface area contributed by atoms with Crippen LogP contribution in [0.1, 0.15) is 10.4 Å². The van der Waals surface area contributed by atoms with Crippen LogP contribution >= 0.6 is 34.7 Å². The minimum absolute atomic E-state index is 0.0606. The van der Waals surface area contributed by atoms with Crippen LogP contribution in [-0.2, 0) is 11.8 Å². The highest BCUT2D eigenvalue weighted by molar-refractivity contribution is 7.99. The summed E-state index contributed by atoms with van der Waals surface area (Å²) in [6.07, 6.45) is 0. The van der Waals surface area contributed by atoms with Crippen molar-refractivity contribution in [3.8, 4) is 0 Å². The Labute approximate surface area is 158 Å². The van der Waals surface area contributed by atoms with Crippen molar-refractivity contribution in [1.29, 1.82) is 0 Å². The van der Waals surface area contributed by atoms with E-state index in [9.17, 15) is 9.59 Å². The number of aromatic amines is 1. The van der Waals surface area contributed by atoms with Gasteiger partial charge in [0, 0.05) is 15.6 Å². The molecule has 0 bridgehead atoms. The molecule has 0 aliphatic carbocycles. The number of halogens is 1. The lowest BCUT2D eigenvalue weighted by atomic mass is 10.2. The monoisotopic (exact) mass is 394 g/mol. The van der Waals surface area contributed by atoms with E-state index in [1.165, 1.54) is 23.1 Å². The van der Waals surface area contributed by atoms with Gasteiger partial charge < -0.3 is 5.32 Å². The topological polar surface area (TPSA) is 65.2 Å². The smallest absolute Gasteiger partial charge is 0.325 e. The number of rotatable bonds is 4. The maximum absolute atomic E-state index is 12.4. The lowest BCUT2D eigenvalue weighted by molar-refractivity contribution is -0.404. The lowest BCUT2D eigenvalue weighted by Gasteiger charge is -2.08. The van der Waals surface area contributed by atoms with E-state index in [-0.39, 0.29) is 17.2 Å². The first-order chi connectivity index (χ1) is 11.8. The number of aromatic nitrogens is 2. The number of benzene rings is 1. The van der Waals surface area contributed by atoms with Crippen LogP contribution in [0.15, 0.2) is 34.2 Å². The van der Waals surface area contributed by atoms with Crippen molar-refractivity contribution < 1.29 is 9.78 Å². The molecule has 3 rings (SSSR count). The molecule has 25 heavy (non-hydrogen) atoms. The van der Waals surface area contributed by atoms with E-state index in [2.05, 4.69) is 10.3 Å². The molecule has 130 valence electrons. The Morgan fingerprint density at radius 3 is 2.84 bits per heavy atom. The van der Waals surface area contributed by atoms with Gasteiger partial charge in [0.1, 0.15) is 5.39 Å². The third-order valence-corrected chi connectivity index (χ3v) is 5.97. The number of aryl methyl sites for hydroxylation is 2. The average molecular weight is 395 g/mol. The number of hydrogen-bond donors (Lipinski definition) is 1. The van der Waals surface area contributed by atoms with Crippen LogP contribution in [0, 0.1) is 13.8 Å². The zero-order valence-electron chi connectivity index (χ0n) is 14.0. The van der Waals surface area contributed by atoms with E-state index in [1.807, 2.05) is 19.9 Å². The Kier molecular flexibility index (Phi) is 5.17. The van der Waals surface area contributed by atoms with Crippen LogP contribution in [0.25, 0.3) is 10.2 Å². The van der Waals surface area contributed by atoms with Gasteiger partial charge in [0.25, 0.3) is 0 Å². The molecule has 0 saturated carbocycles. The molecule has 1 amide bonds. The number of carbonyl (C=O) groups is 1. The Hall–Kier alpha value is -1.83. The predicted octanol–water partition coefficient (Wildman–Crippen LogP) is 3.42. The standard InChI is InChI=1S/C17H16ClN3O2S2/c1-9-6-11(18)4-5-13(9)19-14(22)8-24-17-20-15-12(7-10(2)25-15)16(23)21(17)3/h4-7H,8H2,1-3H3,(H,19,22)/p+1. The number of thioether (sulfide) groups is 1. The third-order valence-electron chi connectivity index (χ3n) is 3.72. The highest BCUT2D eigenvalue weighted by atomic mass is 35.5. The molecule has 2 aromatic heterocycles. The molecule has 3 aromatic rings. The van der Waals surface area contributed by atoms with Crippen molar-refractivity contribution in [3.63, 3.8) is 0 Å². The van der Waals surface area contributed by atoms with Gasteiger partial charge in [-0.25, -0.2) is 9.78 Å². The van der Waals surface area contributed by atoms with Crippen LogP contribution in [0.5, 0.6) is 0 Å². The van der Waals surface area contributed by atoms with Gasteiger partial charge in [0.15, 0.2) is 4.83 Å². The summed E-state index contributed by atoms with van der Waals surface area (Å²) in [5, 5.41) is 4.83. The van der Waals surface area contributed by atoms with Crippen LogP contribution in [0.2, 0.25) is 5.02 Å². The predicted molar refractivity (Wildman–Crippen MR) is 104 cm³/mol. The third kappa shape index (κ3) is 3.89. The van der Waals surface area contributed by atoms with Crippen molar-refractivity contribution in [3.05, 3.63) is 50.1 Å². The SMILES string of the molecule is Cc1cc2c(=O)n(C)c(SCC(=O)Nc3ccc(Cl)cc3C)[nH+]c2s1. The Bertz CT molecular complexity index is 1030. The molecule has 0 unspecified atom stereocenters. The quantitative estimate of drug-likeness (QED) is 0.544. The summed E-state index contributed by atoms with van der Waals surface area (Å²) in [4.78, 5) is 29.8. The second-order valence-electron chi connectivity index (χ2n) is 5.69. The maximum atomic E-state index is 12.4. The van der Waals surface area contributed by atoms with Gasteiger partial charge in [-0.15, -0.1) is 0 Å². The summed E-state index contributed by atoms with van der Waals surface area (Å²) in [5.41, 5.74) is 1.58. The van der Waals surface area contributed by atoms with E-state index in [0.29, 0.717) is 15.6 Å². The molecule has 0 saturated heterocycles. The number of nitrogens with one attached hydrogen (secondary N) is 2. The summed E-state index contributed by atoms with van der Waals surface area (Å²) in [6.45, 7) is 3.85. The number of thiophene rings is 1. The molecule has 0 fully saturated rings. The zero-order valence-corrected chi connectivity index (χ0v) is 16.4. The number of amides is 1. The van der Waals surface area contributed by atoms with Crippen LogP contribution in [0.3, 0.4) is 0 Å². The number of carbonyl (C=O) groups excluding carboxylic acids is 1. The molecule has 0 radical (unpaired) electrons. The van der Waals surface area contributed by atoms with Gasteiger partial charge in [0.2, 0.25) is 5.91 Å². The van der Waals surface area contributed by atoms with Crippen molar-refractivity contribution >= 4 is 56.5 Å². The van der Waals surface area contributed by atoms with Crippen molar-refractivity contribution in [2.75, 3.05) is 11.1 Å². The van der Waals surface area contributed by atoms with E-state index >= 15 is 0 Å². The number of anilines is 1. The molecular formula is C17H17ClN3O2S2+. The fourth-order valence-electron chi connectivity index (χ4n) is 2.44. The maximum Gasteiger partial charge on any atom is 0.346 e. The van der Waals surface area contributed by atoms with Gasteiger partial charge in [0.05, 0.1) is 12.8 Å². The average Bonchev–Trinajstić information content (AvgIpc) is 2.93. The Morgan fingerprint density at radius 1 is 1.36 bits per heavy atom. The van der Waals surface area contributed by atoms with Crippen molar-refractivity contribution in [2.24, 2.45) is 7.05 Å². The van der Waals surface area contributed by atoms with Gasteiger partial charge in [-0.2, -0.15) is 4.57 Å². The highest BCUT2D eigenvalue weighted by Crippen LogP contribution is 2.22. The molecule has 8 heteroatoms. The van der Waals surface area contributed by atoms with Gasteiger partial charge in [-0.05, 0) is 55.4 Å². The molecular weight excluding hydrogens is 378 g/mol. The molecule has 0 spiro atoms. The van der Waals surface area contributed by atoms with Crippen molar-refractivity contribution in [1.82, 2.24) is 4.57 Å². The second kappa shape index (κ2) is 7.19. The lowest BCUT2D eigenvalue weighted by Crippen LogP contribution is -2.27. The summed E-state index contributed by atoms with van der Waals surface area (Å²) >= 11 is 8.76. The summed E-state index contributed by atoms with van der Waals surface area (Å²) in [5.74, 6) is 0.0561. The first kappa shape index (κ1) is 18.0. The normalized spacial score (nSPS) is 11.0. The Balaban J connectivity index is 1.75. The number of hydrogen-bond acceptors (Lipinski definition) is 4. The molecule has 2 heterocycles. The molecule has 1 aromatic carbocycles.